The van der Waals surface area contributed by atoms with E-state index in [2.05, 4.69) is 57.2 Å². The Morgan fingerprint density at radius 3 is 2.04 bits per heavy atom. The van der Waals surface area contributed by atoms with Crippen LogP contribution in [0.1, 0.15) is 48.2 Å². The van der Waals surface area contributed by atoms with Crippen LogP contribution in [-0.2, 0) is 0 Å². The molecule has 0 aromatic heterocycles. The number of rotatable bonds is 3. The molecule has 1 unspecified atom stereocenters. The molecule has 1 nitrogen and oxygen atoms in total. The molecule has 0 N–H and O–H groups in total. The van der Waals surface area contributed by atoms with Crippen molar-refractivity contribution in [3.05, 3.63) is 106 Å². The Bertz CT molecular complexity index is 1070. The molecule has 1 aliphatic carbocycles. The molecule has 0 fully saturated rings. The monoisotopic (exact) mass is 338 g/mol. The number of carbonyl (C=O) groups is 1. The minimum atomic E-state index is 0.0940. The minimum Gasteiger partial charge on any atom is -0.289 e. The Balaban J connectivity index is 1.96. The second-order valence-corrected chi connectivity index (χ2v) is 7.17. The zero-order valence-electron chi connectivity index (χ0n) is 15.4. The second-order valence-electron chi connectivity index (χ2n) is 7.17. The first-order chi connectivity index (χ1) is 12.6. The first-order valence-corrected chi connectivity index (χ1v) is 9.04. The van der Waals surface area contributed by atoms with E-state index < -0.39 is 0 Å². The van der Waals surface area contributed by atoms with Gasteiger partial charge in [0.25, 0.3) is 0 Å². The van der Waals surface area contributed by atoms with Gasteiger partial charge in [0.1, 0.15) is 0 Å². The molecular formula is C25H22O. The van der Waals surface area contributed by atoms with Crippen LogP contribution in [0.15, 0.2) is 89.5 Å². The van der Waals surface area contributed by atoms with Crippen LogP contribution in [0, 0.1) is 0 Å². The van der Waals surface area contributed by atoms with Crippen molar-refractivity contribution in [1.82, 2.24) is 0 Å². The van der Waals surface area contributed by atoms with E-state index in [9.17, 15) is 4.79 Å². The summed E-state index contributed by atoms with van der Waals surface area (Å²) in [5.74, 6) is 0.277. The summed E-state index contributed by atoms with van der Waals surface area (Å²) in [4.78, 5) is 13.3. The molecule has 0 amide bonds. The van der Waals surface area contributed by atoms with Gasteiger partial charge < -0.3 is 0 Å². The fourth-order valence-corrected chi connectivity index (χ4v) is 4.02. The maximum Gasteiger partial charge on any atom is 0.193 e. The van der Waals surface area contributed by atoms with Crippen molar-refractivity contribution in [3.63, 3.8) is 0 Å². The predicted octanol–water partition coefficient (Wildman–Crippen LogP) is 6.45. The Hall–Kier alpha value is -2.93. The first-order valence-electron chi connectivity index (χ1n) is 9.04. The third kappa shape index (κ3) is 2.70. The van der Waals surface area contributed by atoms with Gasteiger partial charge in [-0.2, -0.15) is 0 Å². The lowest BCUT2D eigenvalue weighted by molar-refractivity contribution is 0.103. The summed E-state index contributed by atoms with van der Waals surface area (Å²) in [6.45, 7) is 6.49. The van der Waals surface area contributed by atoms with Crippen molar-refractivity contribution in [1.29, 1.82) is 0 Å². The average Bonchev–Trinajstić information content (AvgIpc) is 2.92. The van der Waals surface area contributed by atoms with Crippen LogP contribution >= 0.6 is 0 Å². The molecule has 3 aromatic carbocycles. The Labute approximate surface area is 154 Å². The van der Waals surface area contributed by atoms with E-state index in [1.807, 2.05) is 36.4 Å². The van der Waals surface area contributed by atoms with E-state index in [4.69, 9.17) is 0 Å². The third-order valence-corrected chi connectivity index (χ3v) is 5.46. The van der Waals surface area contributed by atoms with Gasteiger partial charge >= 0.3 is 0 Å². The van der Waals surface area contributed by atoms with Crippen molar-refractivity contribution in [2.24, 2.45) is 0 Å². The SMILES string of the molecule is CC1=CC(C)=C(C)C1c1cc2ccccc2cc1C(=O)c1ccccc1. The highest BCUT2D eigenvalue weighted by Crippen LogP contribution is 2.42. The highest BCUT2D eigenvalue weighted by Gasteiger charge is 2.27. The van der Waals surface area contributed by atoms with Gasteiger partial charge in [-0.05, 0) is 49.2 Å². The first kappa shape index (κ1) is 16.5. The number of carbonyl (C=O) groups excluding carboxylic acids is 1. The Morgan fingerprint density at radius 1 is 0.808 bits per heavy atom. The zero-order valence-corrected chi connectivity index (χ0v) is 15.4. The highest BCUT2D eigenvalue weighted by atomic mass is 16.1. The van der Waals surface area contributed by atoms with E-state index >= 15 is 0 Å². The van der Waals surface area contributed by atoms with E-state index in [-0.39, 0.29) is 11.7 Å². The smallest absolute Gasteiger partial charge is 0.193 e. The fourth-order valence-electron chi connectivity index (χ4n) is 4.02. The summed E-state index contributed by atoms with van der Waals surface area (Å²) in [6, 6.07) is 22.1. The van der Waals surface area contributed by atoms with Crippen molar-refractivity contribution in [2.75, 3.05) is 0 Å². The lowest BCUT2D eigenvalue weighted by atomic mass is 9.82. The molecule has 1 atom stereocenters. The molecule has 0 saturated carbocycles. The van der Waals surface area contributed by atoms with Crippen LogP contribution in [0.2, 0.25) is 0 Å². The molecule has 0 radical (unpaired) electrons. The summed E-state index contributed by atoms with van der Waals surface area (Å²) in [5, 5.41) is 2.28. The van der Waals surface area contributed by atoms with Gasteiger partial charge in [0.2, 0.25) is 0 Å². The van der Waals surface area contributed by atoms with Crippen LogP contribution in [0.5, 0.6) is 0 Å². The molecule has 0 heterocycles. The zero-order chi connectivity index (χ0) is 18.3. The van der Waals surface area contributed by atoms with Gasteiger partial charge in [0.05, 0.1) is 0 Å². The molecule has 0 aliphatic heterocycles. The molecule has 4 rings (SSSR count). The van der Waals surface area contributed by atoms with Crippen molar-refractivity contribution >= 4 is 16.6 Å². The van der Waals surface area contributed by atoms with Gasteiger partial charge in [0.15, 0.2) is 5.78 Å². The summed E-state index contributed by atoms with van der Waals surface area (Å²) in [6.07, 6.45) is 2.24. The van der Waals surface area contributed by atoms with E-state index in [1.54, 1.807) is 0 Å². The Kier molecular flexibility index (Phi) is 4.08. The molecule has 0 saturated heterocycles. The molecule has 1 heteroatoms. The predicted molar refractivity (Wildman–Crippen MR) is 109 cm³/mol. The summed E-state index contributed by atoms with van der Waals surface area (Å²) in [5.41, 5.74) is 6.60. The highest BCUT2D eigenvalue weighted by molar-refractivity contribution is 6.12. The van der Waals surface area contributed by atoms with E-state index in [0.717, 1.165) is 22.1 Å². The summed E-state index contributed by atoms with van der Waals surface area (Å²) >= 11 is 0. The van der Waals surface area contributed by atoms with Gasteiger partial charge in [0, 0.05) is 17.0 Å². The maximum absolute atomic E-state index is 13.3. The number of benzene rings is 3. The van der Waals surface area contributed by atoms with Crippen LogP contribution in [0.25, 0.3) is 10.8 Å². The lowest BCUT2D eigenvalue weighted by Crippen LogP contribution is -2.10. The number of fused-ring (bicyclic) bond motifs is 1. The van der Waals surface area contributed by atoms with Crippen LogP contribution in [0.3, 0.4) is 0 Å². The summed E-state index contributed by atoms with van der Waals surface area (Å²) < 4.78 is 0. The van der Waals surface area contributed by atoms with Gasteiger partial charge in [-0.3, -0.25) is 4.79 Å². The Morgan fingerprint density at radius 2 is 1.42 bits per heavy atom. The maximum atomic E-state index is 13.3. The molecule has 0 bridgehead atoms. The average molecular weight is 338 g/mol. The number of hydrogen-bond donors (Lipinski definition) is 0. The van der Waals surface area contributed by atoms with Crippen molar-refractivity contribution < 1.29 is 4.79 Å². The number of allylic oxidation sites excluding steroid dienone is 4. The molecule has 26 heavy (non-hydrogen) atoms. The molecule has 3 aromatic rings. The topological polar surface area (TPSA) is 17.1 Å². The quantitative estimate of drug-likeness (QED) is 0.501. The lowest BCUT2D eigenvalue weighted by Gasteiger charge is -2.20. The number of hydrogen-bond acceptors (Lipinski definition) is 1. The second kappa shape index (κ2) is 6.42. The van der Waals surface area contributed by atoms with E-state index in [0.29, 0.717) is 0 Å². The van der Waals surface area contributed by atoms with Crippen molar-refractivity contribution in [3.8, 4) is 0 Å². The van der Waals surface area contributed by atoms with Gasteiger partial charge in [-0.25, -0.2) is 0 Å². The van der Waals surface area contributed by atoms with Gasteiger partial charge in [-0.1, -0.05) is 77.4 Å². The minimum absolute atomic E-state index is 0.0940. The van der Waals surface area contributed by atoms with Crippen LogP contribution in [-0.4, -0.2) is 5.78 Å². The van der Waals surface area contributed by atoms with Crippen LogP contribution in [0.4, 0.5) is 0 Å². The van der Waals surface area contributed by atoms with Crippen LogP contribution < -0.4 is 0 Å². The largest absolute Gasteiger partial charge is 0.289 e. The van der Waals surface area contributed by atoms with Gasteiger partial charge in [-0.15, -0.1) is 0 Å². The third-order valence-electron chi connectivity index (χ3n) is 5.46. The molecule has 1 aliphatic rings. The molecular weight excluding hydrogens is 316 g/mol. The summed E-state index contributed by atoms with van der Waals surface area (Å²) in [7, 11) is 0. The molecule has 128 valence electrons. The van der Waals surface area contributed by atoms with Crippen molar-refractivity contribution in [2.45, 2.75) is 26.7 Å². The normalized spacial score (nSPS) is 16.9. The van der Waals surface area contributed by atoms with E-state index in [1.165, 1.54) is 22.1 Å². The number of ketones is 1. The standard InChI is InChI=1S/C25H22O/c1-16-13-17(2)24(18(16)3)22-14-20-11-7-8-12-21(20)15-23(22)25(26)19-9-5-4-6-10-19/h4-15,24H,1-3H3. The fraction of sp³-hybridized carbons (Fsp3) is 0.160. The molecule has 0 spiro atoms.